The molecule has 2 heterocycles. The van der Waals surface area contributed by atoms with Gasteiger partial charge in [0.15, 0.2) is 5.82 Å². The minimum absolute atomic E-state index is 0.0900. The highest BCUT2D eigenvalue weighted by molar-refractivity contribution is 6.09. The van der Waals surface area contributed by atoms with Crippen molar-refractivity contribution in [2.45, 2.75) is 26.2 Å². The number of aromatic amines is 1. The largest absolute Gasteiger partial charge is 0.497 e. The fraction of sp³-hybridized carbons (Fsp3) is 0.238. The molecule has 0 fully saturated rings. The van der Waals surface area contributed by atoms with Gasteiger partial charge in [-0.2, -0.15) is 5.10 Å². The van der Waals surface area contributed by atoms with Crippen LogP contribution in [0.15, 0.2) is 48.7 Å². The summed E-state index contributed by atoms with van der Waals surface area (Å²) < 4.78 is 5.34. The Hall–Kier alpha value is -3.08. The van der Waals surface area contributed by atoms with Crippen LogP contribution in [0.25, 0.3) is 21.8 Å². The minimum atomic E-state index is 0.0900. The van der Waals surface area contributed by atoms with E-state index >= 15 is 0 Å². The number of pyridine rings is 1. The van der Waals surface area contributed by atoms with Crippen LogP contribution in [-0.2, 0) is 5.41 Å². The maximum atomic E-state index is 5.34. The molecule has 2 N–H and O–H groups in total. The molecule has 26 heavy (non-hydrogen) atoms. The van der Waals surface area contributed by atoms with Crippen molar-refractivity contribution in [1.82, 2.24) is 15.2 Å². The third kappa shape index (κ3) is 2.86. The lowest BCUT2D eigenvalue weighted by molar-refractivity contribution is 0.415. The smallest absolute Gasteiger partial charge is 0.159 e. The molecule has 0 saturated carbocycles. The monoisotopic (exact) mass is 346 g/mol. The van der Waals surface area contributed by atoms with E-state index in [1.165, 1.54) is 5.56 Å². The Morgan fingerprint density at radius 2 is 1.88 bits per heavy atom. The summed E-state index contributed by atoms with van der Waals surface area (Å²) in [6.45, 7) is 6.62. The zero-order valence-electron chi connectivity index (χ0n) is 15.4. The van der Waals surface area contributed by atoms with Crippen molar-refractivity contribution >= 4 is 33.3 Å². The van der Waals surface area contributed by atoms with Crippen molar-refractivity contribution < 1.29 is 4.74 Å². The molecule has 2 aromatic carbocycles. The summed E-state index contributed by atoms with van der Waals surface area (Å²) in [4.78, 5) is 4.79. The number of hydrogen-bond acceptors (Lipinski definition) is 4. The van der Waals surface area contributed by atoms with Crippen LogP contribution in [-0.4, -0.2) is 22.3 Å². The number of nitrogens with one attached hydrogen (secondary N) is 2. The van der Waals surface area contributed by atoms with E-state index in [1.54, 1.807) is 7.11 Å². The van der Waals surface area contributed by atoms with Gasteiger partial charge in [0.1, 0.15) is 11.3 Å². The van der Waals surface area contributed by atoms with Gasteiger partial charge in [0.05, 0.1) is 12.6 Å². The molecule has 2 aromatic heterocycles. The number of nitrogens with zero attached hydrogens (tertiary/aromatic N) is 2. The Morgan fingerprint density at radius 3 is 2.65 bits per heavy atom. The SMILES string of the molecule is COc1ccc2nc(Nc3cccc(C(C)(C)C)c3)c3n[nH]cc3c2c1. The topological polar surface area (TPSA) is 62.8 Å². The maximum Gasteiger partial charge on any atom is 0.159 e. The summed E-state index contributed by atoms with van der Waals surface area (Å²) in [5, 5.41) is 12.8. The lowest BCUT2D eigenvalue weighted by atomic mass is 9.87. The Morgan fingerprint density at radius 1 is 1.04 bits per heavy atom. The molecule has 0 atom stereocenters. The molecule has 0 aliphatic rings. The normalized spacial score (nSPS) is 11.8. The van der Waals surface area contributed by atoms with E-state index in [0.717, 1.165) is 39.1 Å². The zero-order valence-corrected chi connectivity index (χ0v) is 15.4. The lowest BCUT2D eigenvalue weighted by Gasteiger charge is -2.20. The third-order valence-electron chi connectivity index (χ3n) is 4.58. The molecule has 5 nitrogen and oxygen atoms in total. The van der Waals surface area contributed by atoms with Gasteiger partial charge >= 0.3 is 0 Å². The van der Waals surface area contributed by atoms with Crippen LogP contribution < -0.4 is 10.1 Å². The Balaban J connectivity index is 1.83. The number of fused-ring (bicyclic) bond motifs is 3. The predicted octanol–water partition coefficient (Wildman–Crippen LogP) is 5.16. The van der Waals surface area contributed by atoms with Crippen LogP contribution in [0.5, 0.6) is 5.75 Å². The number of rotatable bonds is 3. The van der Waals surface area contributed by atoms with Crippen LogP contribution >= 0.6 is 0 Å². The van der Waals surface area contributed by atoms with E-state index in [2.05, 4.69) is 54.5 Å². The number of aromatic nitrogens is 3. The second-order valence-corrected chi connectivity index (χ2v) is 7.45. The molecule has 0 radical (unpaired) electrons. The number of methoxy groups -OCH3 is 1. The molecule has 0 aliphatic heterocycles. The highest BCUT2D eigenvalue weighted by atomic mass is 16.5. The Bertz CT molecular complexity index is 1090. The van der Waals surface area contributed by atoms with E-state index in [-0.39, 0.29) is 5.41 Å². The van der Waals surface area contributed by atoms with E-state index in [0.29, 0.717) is 0 Å². The number of anilines is 2. The minimum Gasteiger partial charge on any atom is -0.497 e. The molecular weight excluding hydrogens is 324 g/mol. The predicted molar refractivity (Wildman–Crippen MR) is 106 cm³/mol. The summed E-state index contributed by atoms with van der Waals surface area (Å²) >= 11 is 0. The average Bonchev–Trinajstić information content (AvgIpc) is 3.11. The summed E-state index contributed by atoms with van der Waals surface area (Å²) in [5.41, 5.74) is 4.07. The standard InChI is InChI=1S/C21H22N4O/c1-21(2,3)13-6-5-7-14(10-13)23-20-19-17(12-22-25-19)16-11-15(26-4)8-9-18(16)24-20/h5-12H,1-4H3,(H,22,25)(H,23,24). The van der Waals surface area contributed by atoms with Gasteiger partial charge in [0.2, 0.25) is 0 Å². The van der Waals surface area contributed by atoms with Gasteiger partial charge < -0.3 is 10.1 Å². The van der Waals surface area contributed by atoms with Gasteiger partial charge in [-0.05, 0) is 41.3 Å². The molecule has 0 bridgehead atoms. The van der Waals surface area contributed by atoms with Crippen molar-refractivity contribution in [3.63, 3.8) is 0 Å². The molecule has 0 aliphatic carbocycles. The fourth-order valence-electron chi connectivity index (χ4n) is 3.09. The second-order valence-electron chi connectivity index (χ2n) is 7.45. The van der Waals surface area contributed by atoms with Crippen LogP contribution in [0.2, 0.25) is 0 Å². The molecule has 0 spiro atoms. The van der Waals surface area contributed by atoms with E-state index in [4.69, 9.17) is 9.72 Å². The van der Waals surface area contributed by atoms with Crippen molar-refractivity contribution in [3.05, 3.63) is 54.2 Å². The van der Waals surface area contributed by atoms with Gasteiger partial charge in [-0.3, -0.25) is 5.10 Å². The Kier molecular flexibility index (Phi) is 3.80. The van der Waals surface area contributed by atoms with Gasteiger partial charge in [0, 0.05) is 22.7 Å². The van der Waals surface area contributed by atoms with Gasteiger partial charge in [-0.15, -0.1) is 0 Å². The van der Waals surface area contributed by atoms with E-state index < -0.39 is 0 Å². The molecule has 0 unspecified atom stereocenters. The highest BCUT2D eigenvalue weighted by Gasteiger charge is 2.15. The van der Waals surface area contributed by atoms with Crippen molar-refractivity contribution in [1.29, 1.82) is 0 Å². The highest BCUT2D eigenvalue weighted by Crippen LogP contribution is 2.32. The molecule has 4 aromatic rings. The summed E-state index contributed by atoms with van der Waals surface area (Å²) in [7, 11) is 1.67. The number of H-pyrrole nitrogens is 1. The van der Waals surface area contributed by atoms with Crippen LogP contribution in [0.1, 0.15) is 26.3 Å². The molecule has 0 saturated heterocycles. The maximum absolute atomic E-state index is 5.34. The first kappa shape index (κ1) is 16.4. The first-order chi connectivity index (χ1) is 12.5. The third-order valence-corrected chi connectivity index (χ3v) is 4.58. The fourth-order valence-corrected chi connectivity index (χ4v) is 3.09. The molecular formula is C21H22N4O. The zero-order chi connectivity index (χ0) is 18.3. The first-order valence-corrected chi connectivity index (χ1v) is 8.64. The molecule has 132 valence electrons. The lowest BCUT2D eigenvalue weighted by Crippen LogP contribution is -2.11. The summed E-state index contributed by atoms with van der Waals surface area (Å²) in [5.74, 6) is 1.55. The molecule has 4 rings (SSSR count). The summed E-state index contributed by atoms with van der Waals surface area (Å²) in [6, 6.07) is 14.3. The van der Waals surface area contributed by atoms with Crippen LogP contribution in [0.3, 0.4) is 0 Å². The van der Waals surface area contributed by atoms with Crippen LogP contribution in [0, 0.1) is 0 Å². The van der Waals surface area contributed by atoms with E-state index in [9.17, 15) is 0 Å². The number of benzene rings is 2. The van der Waals surface area contributed by atoms with Gasteiger partial charge in [-0.25, -0.2) is 4.98 Å². The van der Waals surface area contributed by atoms with Crippen LogP contribution in [0.4, 0.5) is 11.5 Å². The van der Waals surface area contributed by atoms with E-state index in [1.807, 2.05) is 30.5 Å². The summed E-state index contributed by atoms with van der Waals surface area (Å²) in [6.07, 6.45) is 1.90. The molecule has 0 amide bonds. The van der Waals surface area contributed by atoms with Gasteiger partial charge in [0.25, 0.3) is 0 Å². The quantitative estimate of drug-likeness (QED) is 0.538. The molecule has 5 heteroatoms. The number of hydrogen-bond donors (Lipinski definition) is 2. The Labute approximate surface area is 152 Å². The van der Waals surface area contributed by atoms with Crippen molar-refractivity contribution in [2.75, 3.05) is 12.4 Å². The number of ether oxygens (including phenoxy) is 1. The first-order valence-electron chi connectivity index (χ1n) is 8.64. The second kappa shape index (κ2) is 6.02. The average molecular weight is 346 g/mol. The van der Waals surface area contributed by atoms with Gasteiger partial charge in [-0.1, -0.05) is 32.9 Å². The van der Waals surface area contributed by atoms with Crippen molar-refractivity contribution in [2.24, 2.45) is 0 Å². The van der Waals surface area contributed by atoms with Crippen molar-refractivity contribution in [3.8, 4) is 5.75 Å².